The lowest BCUT2D eigenvalue weighted by Gasteiger charge is -2.02. The molecule has 82 valence electrons. The van der Waals surface area contributed by atoms with Crippen LogP contribution in [0.4, 0.5) is 0 Å². The van der Waals surface area contributed by atoms with Gasteiger partial charge in [0.25, 0.3) is 5.56 Å². The highest BCUT2D eigenvalue weighted by atomic mass is 16.2. The Morgan fingerprint density at radius 2 is 2.07 bits per heavy atom. The van der Waals surface area contributed by atoms with Crippen molar-refractivity contribution in [2.45, 2.75) is 19.8 Å². The molecular weight excluding hydrogens is 200 g/mol. The minimum atomic E-state index is -0.551. The third-order valence-corrected chi connectivity index (χ3v) is 2.02. The molecule has 0 bridgehead atoms. The number of nitrogens with one attached hydrogen (secondary N) is 3. The highest BCUT2D eigenvalue weighted by Gasteiger charge is 2.07. The maximum atomic E-state index is 11.3. The van der Waals surface area contributed by atoms with Crippen LogP contribution in [0.3, 0.4) is 0 Å². The Morgan fingerprint density at radius 1 is 1.40 bits per heavy atom. The second kappa shape index (κ2) is 4.56. The van der Waals surface area contributed by atoms with E-state index >= 15 is 0 Å². The van der Waals surface area contributed by atoms with E-state index in [1.54, 1.807) is 6.92 Å². The molecule has 0 aromatic carbocycles. The van der Waals surface area contributed by atoms with Crippen molar-refractivity contribution in [3.63, 3.8) is 0 Å². The van der Waals surface area contributed by atoms with Crippen LogP contribution >= 0.6 is 0 Å². The second-order valence-electron chi connectivity index (χ2n) is 3.08. The van der Waals surface area contributed by atoms with Gasteiger partial charge in [0.2, 0.25) is 5.91 Å². The average Bonchev–Trinajstić information content (AvgIpc) is 2.15. The minimum absolute atomic E-state index is 0.104. The first kappa shape index (κ1) is 11.2. The van der Waals surface area contributed by atoms with Crippen LogP contribution in [0.25, 0.3) is 0 Å². The highest BCUT2D eigenvalue weighted by molar-refractivity contribution is 5.75. The van der Waals surface area contributed by atoms with E-state index < -0.39 is 11.2 Å². The van der Waals surface area contributed by atoms with Crippen LogP contribution in [0.2, 0.25) is 0 Å². The summed E-state index contributed by atoms with van der Waals surface area (Å²) < 4.78 is 0. The van der Waals surface area contributed by atoms with E-state index in [1.165, 1.54) is 0 Å². The molecule has 0 atom stereocenters. The summed E-state index contributed by atoms with van der Waals surface area (Å²) in [5.74, 6) is 4.53. The lowest BCUT2D eigenvalue weighted by Crippen LogP contribution is -2.32. The molecule has 7 nitrogen and oxygen atoms in total. The Labute approximate surface area is 84.7 Å². The van der Waals surface area contributed by atoms with Crippen molar-refractivity contribution in [1.82, 2.24) is 15.4 Å². The van der Waals surface area contributed by atoms with Crippen LogP contribution in [0.1, 0.15) is 17.7 Å². The van der Waals surface area contributed by atoms with Crippen molar-refractivity contribution < 1.29 is 4.79 Å². The number of carbonyl (C=O) groups excluding carboxylic acids is 1. The van der Waals surface area contributed by atoms with E-state index in [4.69, 9.17) is 5.84 Å². The van der Waals surface area contributed by atoms with Gasteiger partial charge < -0.3 is 4.98 Å². The Morgan fingerprint density at radius 3 is 2.60 bits per heavy atom. The van der Waals surface area contributed by atoms with Crippen molar-refractivity contribution >= 4 is 5.91 Å². The van der Waals surface area contributed by atoms with Crippen molar-refractivity contribution in [2.24, 2.45) is 5.84 Å². The fraction of sp³-hybridized carbons (Fsp3) is 0.375. The molecule has 1 aromatic heterocycles. The van der Waals surface area contributed by atoms with E-state index in [2.05, 4.69) is 9.97 Å². The Kier molecular flexibility index (Phi) is 3.40. The molecule has 0 fully saturated rings. The molecule has 0 aliphatic heterocycles. The van der Waals surface area contributed by atoms with E-state index in [9.17, 15) is 14.4 Å². The largest absolute Gasteiger partial charge is 0.325 e. The molecule has 0 spiro atoms. The number of H-pyrrole nitrogens is 2. The first-order valence-electron chi connectivity index (χ1n) is 4.36. The van der Waals surface area contributed by atoms with Crippen molar-refractivity contribution in [3.05, 3.63) is 32.1 Å². The third-order valence-electron chi connectivity index (χ3n) is 2.02. The normalized spacial score (nSPS) is 10.0. The van der Waals surface area contributed by atoms with Crippen molar-refractivity contribution in [1.29, 1.82) is 0 Å². The molecule has 0 aliphatic carbocycles. The Balaban J connectivity index is 2.91. The van der Waals surface area contributed by atoms with Gasteiger partial charge >= 0.3 is 5.69 Å². The van der Waals surface area contributed by atoms with E-state index in [1.807, 2.05) is 5.43 Å². The highest BCUT2D eigenvalue weighted by Crippen LogP contribution is 1.99. The molecule has 1 aromatic rings. The second-order valence-corrected chi connectivity index (χ2v) is 3.08. The van der Waals surface area contributed by atoms with Gasteiger partial charge in [0.05, 0.1) is 0 Å². The predicted octanol–water partition coefficient (Wildman–Crippen LogP) is -1.71. The van der Waals surface area contributed by atoms with Crippen molar-refractivity contribution in [2.75, 3.05) is 0 Å². The monoisotopic (exact) mass is 212 g/mol. The predicted molar refractivity (Wildman–Crippen MR) is 53.1 cm³/mol. The van der Waals surface area contributed by atoms with Gasteiger partial charge in [-0.05, 0) is 13.3 Å². The number of nitrogens with two attached hydrogens (primary N) is 1. The molecule has 0 radical (unpaired) electrons. The maximum absolute atomic E-state index is 11.3. The van der Waals surface area contributed by atoms with Gasteiger partial charge in [-0.2, -0.15) is 0 Å². The van der Waals surface area contributed by atoms with Gasteiger partial charge in [-0.1, -0.05) is 0 Å². The molecule has 5 N–H and O–H groups in total. The lowest BCUT2D eigenvalue weighted by molar-refractivity contribution is -0.121. The van der Waals surface area contributed by atoms with Crippen LogP contribution in [0, 0.1) is 6.92 Å². The molecule has 1 amide bonds. The van der Waals surface area contributed by atoms with Gasteiger partial charge in [0.1, 0.15) is 0 Å². The number of aryl methyl sites for hydroxylation is 1. The molecule has 15 heavy (non-hydrogen) atoms. The lowest BCUT2D eigenvalue weighted by atomic mass is 10.1. The summed E-state index contributed by atoms with van der Waals surface area (Å²) in [4.78, 5) is 37.6. The van der Waals surface area contributed by atoms with Crippen LogP contribution in [-0.4, -0.2) is 15.9 Å². The van der Waals surface area contributed by atoms with Gasteiger partial charge in [-0.25, -0.2) is 10.6 Å². The fourth-order valence-electron chi connectivity index (χ4n) is 1.24. The molecular formula is C8H12N4O3. The number of hydrazine groups is 1. The fourth-order valence-corrected chi connectivity index (χ4v) is 1.24. The van der Waals surface area contributed by atoms with Crippen LogP contribution in [0.5, 0.6) is 0 Å². The number of hydrogen-bond donors (Lipinski definition) is 4. The number of aromatic nitrogens is 2. The molecule has 0 saturated heterocycles. The number of amides is 1. The molecule has 7 heteroatoms. The standard InChI is InChI=1S/C8H12N4O3/c1-4-5(2-3-6(13)12-9)7(14)11-8(15)10-4/h2-3,9H2,1H3,(H,12,13)(H2,10,11,14,15). The first-order chi connectivity index (χ1) is 7.04. The van der Waals surface area contributed by atoms with Gasteiger partial charge in [-0.15, -0.1) is 0 Å². The van der Waals surface area contributed by atoms with Crippen LogP contribution < -0.4 is 22.5 Å². The maximum Gasteiger partial charge on any atom is 0.325 e. The Hall–Kier alpha value is -1.89. The van der Waals surface area contributed by atoms with Crippen LogP contribution in [0.15, 0.2) is 9.59 Å². The zero-order valence-corrected chi connectivity index (χ0v) is 8.22. The number of rotatable bonds is 3. The first-order valence-corrected chi connectivity index (χ1v) is 4.36. The van der Waals surface area contributed by atoms with Gasteiger partial charge in [0.15, 0.2) is 0 Å². The summed E-state index contributed by atoms with van der Waals surface area (Å²) in [6.07, 6.45) is 0.341. The van der Waals surface area contributed by atoms with Gasteiger partial charge in [-0.3, -0.25) is 20.0 Å². The summed E-state index contributed by atoms with van der Waals surface area (Å²) in [7, 11) is 0. The number of carbonyl (C=O) groups is 1. The van der Waals surface area contributed by atoms with E-state index in [-0.39, 0.29) is 18.7 Å². The molecule has 0 unspecified atom stereocenters. The summed E-state index contributed by atoms with van der Waals surface area (Å²) in [5.41, 5.74) is 1.79. The molecule has 1 heterocycles. The zero-order valence-electron chi connectivity index (χ0n) is 8.22. The van der Waals surface area contributed by atoms with E-state index in [0.717, 1.165) is 0 Å². The Bertz CT molecular complexity index is 474. The summed E-state index contributed by atoms with van der Waals surface area (Å²) in [5, 5.41) is 0. The SMILES string of the molecule is Cc1[nH]c(=O)[nH]c(=O)c1CCC(=O)NN. The van der Waals surface area contributed by atoms with Gasteiger partial charge in [0, 0.05) is 17.7 Å². The van der Waals surface area contributed by atoms with Crippen LogP contribution in [-0.2, 0) is 11.2 Å². The molecule has 0 saturated carbocycles. The number of aromatic amines is 2. The molecule has 1 rings (SSSR count). The van der Waals surface area contributed by atoms with Crippen molar-refractivity contribution in [3.8, 4) is 0 Å². The third kappa shape index (κ3) is 2.78. The summed E-state index contributed by atoms with van der Waals surface area (Å²) in [6, 6.07) is 0. The average molecular weight is 212 g/mol. The minimum Gasteiger partial charge on any atom is -0.311 e. The number of hydrogen-bond acceptors (Lipinski definition) is 4. The summed E-state index contributed by atoms with van der Waals surface area (Å²) >= 11 is 0. The molecule has 0 aliphatic rings. The topological polar surface area (TPSA) is 121 Å². The van der Waals surface area contributed by atoms with E-state index in [0.29, 0.717) is 11.3 Å². The quantitative estimate of drug-likeness (QED) is 0.271. The smallest absolute Gasteiger partial charge is 0.311 e. The summed E-state index contributed by atoms with van der Waals surface area (Å²) in [6.45, 7) is 1.60. The zero-order chi connectivity index (χ0) is 11.4.